The monoisotopic (exact) mass is 275 g/mol. The fourth-order valence-corrected chi connectivity index (χ4v) is 2.86. The lowest BCUT2D eigenvalue weighted by molar-refractivity contribution is 0.413. The maximum absolute atomic E-state index is 14.1. The molecular formula is C15H18FN3O. The van der Waals surface area contributed by atoms with Crippen LogP contribution >= 0.6 is 0 Å². The zero-order valence-corrected chi connectivity index (χ0v) is 11.4. The van der Waals surface area contributed by atoms with Crippen LogP contribution in [0, 0.1) is 5.82 Å². The van der Waals surface area contributed by atoms with Gasteiger partial charge >= 0.3 is 0 Å². The van der Waals surface area contributed by atoms with Gasteiger partial charge in [0.2, 0.25) is 0 Å². The molecule has 1 aromatic heterocycles. The molecule has 0 unspecified atom stereocenters. The summed E-state index contributed by atoms with van der Waals surface area (Å²) in [6.07, 6.45) is 6.53. The van der Waals surface area contributed by atoms with E-state index in [-0.39, 0.29) is 11.9 Å². The molecule has 1 fully saturated rings. The molecule has 1 heterocycles. The molecule has 1 aromatic carbocycles. The van der Waals surface area contributed by atoms with E-state index in [2.05, 4.69) is 4.98 Å². The van der Waals surface area contributed by atoms with Crippen LogP contribution in [0.5, 0.6) is 5.75 Å². The quantitative estimate of drug-likeness (QED) is 0.937. The van der Waals surface area contributed by atoms with Gasteiger partial charge in [0, 0.05) is 24.5 Å². The second-order valence-corrected chi connectivity index (χ2v) is 5.23. The van der Waals surface area contributed by atoms with Crippen LogP contribution in [-0.4, -0.2) is 22.7 Å². The van der Waals surface area contributed by atoms with Crippen LogP contribution in [0.25, 0.3) is 11.4 Å². The summed E-state index contributed by atoms with van der Waals surface area (Å²) in [7, 11) is 1.57. The molecule has 20 heavy (non-hydrogen) atoms. The van der Waals surface area contributed by atoms with Crippen molar-refractivity contribution in [3.05, 3.63) is 36.4 Å². The maximum atomic E-state index is 14.1. The molecule has 0 amide bonds. The number of ether oxygens (including phenoxy) is 1. The van der Waals surface area contributed by atoms with Gasteiger partial charge in [0.15, 0.2) is 0 Å². The van der Waals surface area contributed by atoms with Crippen LogP contribution in [0.4, 0.5) is 4.39 Å². The molecule has 1 aliphatic carbocycles. The molecule has 0 saturated heterocycles. The molecule has 0 bridgehead atoms. The Labute approximate surface area is 117 Å². The van der Waals surface area contributed by atoms with Gasteiger partial charge in [0.1, 0.15) is 17.4 Å². The van der Waals surface area contributed by atoms with Crippen molar-refractivity contribution in [2.75, 3.05) is 7.11 Å². The third-order valence-corrected chi connectivity index (χ3v) is 3.92. The largest absolute Gasteiger partial charge is 0.497 e. The molecule has 3 rings (SSSR count). The first kappa shape index (κ1) is 13.1. The minimum absolute atomic E-state index is 0.227. The van der Waals surface area contributed by atoms with Crippen molar-refractivity contribution in [2.24, 2.45) is 5.73 Å². The molecule has 4 nitrogen and oxygen atoms in total. The molecule has 0 aliphatic heterocycles. The number of hydrogen-bond acceptors (Lipinski definition) is 3. The molecule has 5 heteroatoms. The number of nitrogens with zero attached hydrogens (tertiary/aromatic N) is 2. The van der Waals surface area contributed by atoms with Crippen molar-refractivity contribution in [3.63, 3.8) is 0 Å². The van der Waals surface area contributed by atoms with Gasteiger partial charge in [-0.15, -0.1) is 0 Å². The first-order valence-corrected chi connectivity index (χ1v) is 6.81. The van der Waals surface area contributed by atoms with Gasteiger partial charge in [0.25, 0.3) is 0 Å². The number of nitrogens with two attached hydrogens (primary N) is 1. The minimum atomic E-state index is -0.291. The highest BCUT2D eigenvalue weighted by molar-refractivity contribution is 5.59. The highest BCUT2D eigenvalue weighted by Gasteiger charge is 2.25. The normalized spacial score (nSPS) is 22.1. The maximum Gasteiger partial charge on any atom is 0.143 e. The van der Waals surface area contributed by atoms with E-state index in [1.807, 2.05) is 10.8 Å². The molecular weight excluding hydrogens is 257 g/mol. The summed E-state index contributed by atoms with van der Waals surface area (Å²) in [4.78, 5) is 4.32. The summed E-state index contributed by atoms with van der Waals surface area (Å²) in [5, 5.41) is 0. The van der Waals surface area contributed by atoms with Crippen molar-refractivity contribution < 1.29 is 9.13 Å². The standard InChI is InChI=1S/C15H18FN3O/c1-20-12-4-5-14(16)13(9-12)15-18-6-7-19(15)11-3-2-10(17)8-11/h4-7,9-11H,2-3,8,17H2,1H3/t10-,11-/m1/s1. The van der Waals surface area contributed by atoms with Crippen LogP contribution in [0.2, 0.25) is 0 Å². The zero-order valence-electron chi connectivity index (χ0n) is 11.4. The molecule has 1 aliphatic rings. The van der Waals surface area contributed by atoms with Gasteiger partial charge in [0.05, 0.1) is 12.7 Å². The van der Waals surface area contributed by atoms with Crippen molar-refractivity contribution in [2.45, 2.75) is 31.3 Å². The molecule has 0 spiro atoms. The predicted octanol–water partition coefficient (Wildman–Crippen LogP) is 2.75. The molecule has 1 saturated carbocycles. The first-order chi connectivity index (χ1) is 9.69. The Morgan fingerprint density at radius 2 is 2.25 bits per heavy atom. The highest BCUT2D eigenvalue weighted by atomic mass is 19.1. The van der Waals surface area contributed by atoms with E-state index in [1.54, 1.807) is 25.4 Å². The fourth-order valence-electron chi connectivity index (χ4n) is 2.86. The van der Waals surface area contributed by atoms with Crippen LogP contribution in [-0.2, 0) is 0 Å². The van der Waals surface area contributed by atoms with Crippen LogP contribution in [0.3, 0.4) is 0 Å². The van der Waals surface area contributed by atoms with E-state index in [4.69, 9.17) is 10.5 Å². The second-order valence-electron chi connectivity index (χ2n) is 5.23. The second kappa shape index (κ2) is 5.25. The Morgan fingerprint density at radius 3 is 2.95 bits per heavy atom. The van der Waals surface area contributed by atoms with Crippen LogP contribution < -0.4 is 10.5 Å². The van der Waals surface area contributed by atoms with E-state index in [0.717, 1.165) is 19.3 Å². The summed E-state index contributed by atoms with van der Waals surface area (Å²) in [6.45, 7) is 0. The van der Waals surface area contributed by atoms with Crippen LogP contribution in [0.15, 0.2) is 30.6 Å². The van der Waals surface area contributed by atoms with Crippen LogP contribution in [0.1, 0.15) is 25.3 Å². The smallest absolute Gasteiger partial charge is 0.143 e. The zero-order chi connectivity index (χ0) is 14.1. The van der Waals surface area contributed by atoms with Crippen molar-refractivity contribution in [1.82, 2.24) is 9.55 Å². The molecule has 2 atom stereocenters. The number of halogens is 1. The van der Waals surface area contributed by atoms with E-state index < -0.39 is 0 Å². The van der Waals surface area contributed by atoms with Gasteiger partial charge in [-0.05, 0) is 37.5 Å². The van der Waals surface area contributed by atoms with Gasteiger partial charge < -0.3 is 15.0 Å². The predicted molar refractivity (Wildman–Crippen MR) is 75.0 cm³/mol. The van der Waals surface area contributed by atoms with Crippen molar-refractivity contribution in [1.29, 1.82) is 0 Å². The van der Waals surface area contributed by atoms with E-state index in [0.29, 0.717) is 23.2 Å². The third kappa shape index (κ3) is 2.29. The average molecular weight is 275 g/mol. The third-order valence-electron chi connectivity index (χ3n) is 3.92. The summed E-state index contributed by atoms with van der Waals surface area (Å²) in [6, 6.07) is 5.23. The summed E-state index contributed by atoms with van der Waals surface area (Å²) in [5.74, 6) is 0.972. The highest BCUT2D eigenvalue weighted by Crippen LogP contribution is 2.34. The van der Waals surface area contributed by atoms with Gasteiger partial charge in [-0.1, -0.05) is 0 Å². The lowest BCUT2D eigenvalue weighted by Gasteiger charge is -2.16. The number of imidazole rings is 1. The summed E-state index contributed by atoms with van der Waals surface area (Å²) < 4.78 is 21.3. The summed E-state index contributed by atoms with van der Waals surface area (Å²) in [5.41, 5.74) is 6.44. The lowest BCUT2D eigenvalue weighted by atomic mass is 10.1. The van der Waals surface area contributed by atoms with Crippen molar-refractivity contribution in [3.8, 4) is 17.1 Å². The first-order valence-electron chi connectivity index (χ1n) is 6.81. The van der Waals surface area contributed by atoms with E-state index >= 15 is 0 Å². The SMILES string of the molecule is COc1ccc(F)c(-c2nccn2[C@@H]2CC[C@@H](N)C2)c1. The Morgan fingerprint density at radius 1 is 1.40 bits per heavy atom. The number of methoxy groups -OCH3 is 1. The number of benzene rings is 1. The van der Waals surface area contributed by atoms with Gasteiger partial charge in [-0.25, -0.2) is 9.37 Å². The molecule has 2 N–H and O–H groups in total. The lowest BCUT2D eigenvalue weighted by Crippen LogP contribution is -2.16. The molecule has 106 valence electrons. The van der Waals surface area contributed by atoms with Crippen molar-refractivity contribution >= 4 is 0 Å². The number of rotatable bonds is 3. The Kier molecular flexibility index (Phi) is 3.44. The number of aromatic nitrogens is 2. The average Bonchev–Trinajstić information content (AvgIpc) is 3.07. The van der Waals surface area contributed by atoms with Gasteiger partial charge in [-0.2, -0.15) is 0 Å². The fraction of sp³-hybridized carbons (Fsp3) is 0.400. The van der Waals surface area contributed by atoms with Gasteiger partial charge in [-0.3, -0.25) is 0 Å². The Balaban J connectivity index is 2.01. The Hall–Kier alpha value is -1.88. The topological polar surface area (TPSA) is 53.1 Å². The minimum Gasteiger partial charge on any atom is -0.497 e. The Bertz CT molecular complexity index is 611. The van der Waals surface area contributed by atoms with E-state index in [9.17, 15) is 4.39 Å². The summed E-state index contributed by atoms with van der Waals surface area (Å²) >= 11 is 0. The van der Waals surface area contributed by atoms with E-state index in [1.165, 1.54) is 6.07 Å². The number of hydrogen-bond donors (Lipinski definition) is 1. The molecule has 0 radical (unpaired) electrons. The molecule has 2 aromatic rings.